The van der Waals surface area contributed by atoms with Gasteiger partial charge in [-0.3, -0.25) is 4.79 Å². The van der Waals surface area contributed by atoms with Gasteiger partial charge in [-0.15, -0.1) is 0 Å². The van der Waals surface area contributed by atoms with E-state index in [0.717, 1.165) is 44.6 Å². The zero-order valence-corrected chi connectivity index (χ0v) is 17.3. The normalized spacial score (nSPS) is 15.4. The number of carbonyl (C=O) groups excluding carboxylic acids is 1. The average Bonchev–Trinajstić information content (AvgIpc) is 3.20. The number of benzene rings is 1. The molecule has 1 amide bonds. The number of nitrogens with zero attached hydrogens (tertiary/aromatic N) is 3. The number of carbonyl (C=O) groups is 1. The first kappa shape index (κ1) is 20.5. The maximum absolute atomic E-state index is 12.5. The smallest absolute Gasteiger partial charge is 0.227 e. The van der Waals surface area contributed by atoms with Crippen molar-refractivity contribution in [3.05, 3.63) is 35.7 Å². The van der Waals surface area contributed by atoms with Crippen LogP contribution in [0.1, 0.15) is 57.4 Å². The number of amides is 1. The van der Waals surface area contributed by atoms with Crippen molar-refractivity contribution in [2.24, 2.45) is 5.92 Å². The van der Waals surface area contributed by atoms with Crippen LogP contribution in [0.3, 0.4) is 0 Å². The van der Waals surface area contributed by atoms with Crippen LogP contribution in [0, 0.1) is 5.92 Å². The van der Waals surface area contributed by atoms with Crippen molar-refractivity contribution >= 4 is 5.91 Å². The van der Waals surface area contributed by atoms with E-state index < -0.39 is 0 Å². The van der Waals surface area contributed by atoms with Gasteiger partial charge in [0.1, 0.15) is 0 Å². The maximum Gasteiger partial charge on any atom is 0.227 e. The molecule has 1 fully saturated rings. The Bertz CT molecular complexity index is 746. The number of hydrogen-bond acceptors (Lipinski definition) is 5. The van der Waals surface area contributed by atoms with E-state index in [2.05, 4.69) is 48.4 Å². The lowest BCUT2D eigenvalue weighted by atomic mass is 9.96. The second-order valence-corrected chi connectivity index (χ2v) is 7.92. The molecule has 28 heavy (non-hydrogen) atoms. The molecule has 3 rings (SSSR count). The van der Waals surface area contributed by atoms with E-state index in [9.17, 15) is 4.79 Å². The Kier molecular flexibility index (Phi) is 7.20. The highest BCUT2D eigenvalue weighted by Crippen LogP contribution is 2.21. The number of likely N-dealkylation sites (tertiary alicyclic amines) is 1. The topological polar surface area (TPSA) is 71.3 Å². The molecule has 0 atom stereocenters. The van der Waals surface area contributed by atoms with E-state index in [1.807, 2.05) is 17.0 Å². The highest BCUT2D eigenvalue weighted by atomic mass is 16.5. The molecule has 152 valence electrons. The molecule has 6 heteroatoms. The van der Waals surface area contributed by atoms with Crippen LogP contribution in [0.25, 0.3) is 11.4 Å². The first-order chi connectivity index (χ1) is 13.6. The molecule has 0 unspecified atom stereocenters. The van der Waals surface area contributed by atoms with Crippen LogP contribution < -0.4 is 5.32 Å². The third-order valence-electron chi connectivity index (χ3n) is 5.51. The summed E-state index contributed by atoms with van der Waals surface area (Å²) in [5, 5.41) is 7.47. The van der Waals surface area contributed by atoms with Gasteiger partial charge in [-0.05, 0) is 43.3 Å². The van der Waals surface area contributed by atoms with Crippen LogP contribution in [0.15, 0.2) is 28.8 Å². The molecule has 0 aliphatic carbocycles. The Morgan fingerprint density at radius 3 is 2.61 bits per heavy atom. The largest absolute Gasteiger partial charge is 0.343 e. The van der Waals surface area contributed by atoms with Crippen molar-refractivity contribution in [2.75, 3.05) is 26.2 Å². The first-order valence-corrected chi connectivity index (χ1v) is 10.5. The minimum absolute atomic E-state index is 0.183. The first-order valence-electron chi connectivity index (χ1n) is 10.5. The summed E-state index contributed by atoms with van der Waals surface area (Å²) in [5.74, 6) is 2.47. The van der Waals surface area contributed by atoms with Crippen molar-refractivity contribution < 1.29 is 9.32 Å². The van der Waals surface area contributed by atoms with Crippen molar-refractivity contribution in [2.45, 2.75) is 52.4 Å². The van der Waals surface area contributed by atoms with E-state index in [0.29, 0.717) is 36.4 Å². The minimum Gasteiger partial charge on any atom is -0.343 e. The standard InChI is InChI=1S/C22H32N4O2/c1-4-23-15-17-11-13-26(14-12-17)21(27)10-9-20-24-22(25-28-20)19-7-5-18(6-8-19)16(2)3/h5-8,16-17,23H,4,9-15H2,1-3H3. The summed E-state index contributed by atoms with van der Waals surface area (Å²) in [6, 6.07) is 8.23. The third-order valence-corrected chi connectivity index (χ3v) is 5.51. The highest BCUT2D eigenvalue weighted by molar-refractivity contribution is 5.76. The molecule has 1 aliphatic heterocycles. The van der Waals surface area contributed by atoms with Crippen LogP contribution >= 0.6 is 0 Å². The number of piperidine rings is 1. The van der Waals surface area contributed by atoms with Gasteiger partial charge in [0.2, 0.25) is 17.6 Å². The summed E-state index contributed by atoms with van der Waals surface area (Å²) in [4.78, 5) is 18.9. The summed E-state index contributed by atoms with van der Waals surface area (Å²) in [7, 11) is 0. The molecular weight excluding hydrogens is 352 g/mol. The Morgan fingerprint density at radius 2 is 1.96 bits per heavy atom. The molecule has 0 radical (unpaired) electrons. The lowest BCUT2D eigenvalue weighted by molar-refractivity contribution is -0.132. The van der Waals surface area contributed by atoms with Gasteiger partial charge in [-0.25, -0.2) is 0 Å². The van der Waals surface area contributed by atoms with Crippen molar-refractivity contribution in [1.82, 2.24) is 20.4 Å². The van der Waals surface area contributed by atoms with Crippen LogP contribution in [0.2, 0.25) is 0 Å². The van der Waals surface area contributed by atoms with E-state index in [-0.39, 0.29) is 5.91 Å². The monoisotopic (exact) mass is 384 g/mol. The van der Waals surface area contributed by atoms with Crippen LogP contribution in [-0.4, -0.2) is 47.1 Å². The molecule has 6 nitrogen and oxygen atoms in total. The van der Waals surface area contributed by atoms with Gasteiger partial charge < -0.3 is 14.7 Å². The number of hydrogen-bond donors (Lipinski definition) is 1. The van der Waals surface area contributed by atoms with Crippen molar-refractivity contribution in [1.29, 1.82) is 0 Å². The predicted molar refractivity (Wildman–Crippen MR) is 110 cm³/mol. The van der Waals surface area contributed by atoms with Gasteiger partial charge >= 0.3 is 0 Å². The second kappa shape index (κ2) is 9.82. The van der Waals surface area contributed by atoms with Gasteiger partial charge in [-0.2, -0.15) is 4.98 Å². The molecule has 1 N–H and O–H groups in total. The lowest BCUT2D eigenvalue weighted by Crippen LogP contribution is -2.40. The summed E-state index contributed by atoms with van der Waals surface area (Å²) in [6.45, 7) is 10.2. The quantitative estimate of drug-likeness (QED) is 0.752. The molecule has 2 aromatic rings. The fourth-order valence-electron chi connectivity index (χ4n) is 3.60. The predicted octanol–water partition coefficient (Wildman–Crippen LogP) is 3.64. The zero-order valence-electron chi connectivity index (χ0n) is 17.3. The zero-order chi connectivity index (χ0) is 19.9. The number of rotatable bonds is 8. The maximum atomic E-state index is 12.5. The molecule has 2 heterocycles. The molecule has 1 aromatic carbocycles. The number of nitrogens with one attached hydrogen (secondary N) is 1. The molecule has 0 bridgehead atoms. The molecule has 0 spiro atoms. The molecule has 0 saturated carbocycles. The summed E-state index contributed by atoms with van der Waals surface area (Å²) in [6.07, 6.45) is 3.07. The Morgan fingerprint density at radius 1 is 1.25 bits per heavy atom. The van der Waals surface area contributed by atoms with Crippen LogP contribution in [0.4, 0.5) is 0 Å². The van der Waals surface area contributed by atoms with Crippen LogP contribution in [0.5, 0.6) is 0 Å². The molecule has 1 aliphatic rings. The Hall–Kier alpha value is -2.21. The molecule has 1 aromatic heterocycles. The SMILES string of the molecule is CCNCC1CCN(C(=O)CCc2nc(-c3ccc(C(C)C)cc3)no2)CC1. The van der Waals surface area contributed by atoms with Gasteiger partial charge in [0, 0.05) is 31.5 Å². The summed E-state index contributed by atoms with van der Waals surface area (Å²) < 4.78 is 5.36. The molecular formula is C22H32N4O2. The highest BCUT2D eigenvalue weighted by Gasteiger charge is 2.22. The Balaban J connectivity index is 1.47. The fraction of sp³-hybridized carbons (Fsp3) is 0.591. The van der Waals surface area contributed by atoms with Crippen LogP contribution in [-0.2, 0) is 11.2 Å². The second-order valence-electron chi connectivity index (χ2n) is 7.92. The Labute approximate surface area is 167 Å². The summed E-state index contributed by atoms with van der Waals surface area (Å²) in [5.41, 5.74) is 2.22. The van der Waals surface area contributed by atoms with Crippen molar-refractivity contribution in [3.63, 3.8) is 0 Å². The minimum atomic E-state index is 0.183. The lowest BCUT2D eigenvalue weighted by Gasteiger charge is -2.32. The van der Waals surface area contributed by atoms with Gasteiger partial charge in [-0.1, -0.05) is 50.2 Å². The molecule has 1 saturated heterocycles. The van der Waals surface area contributed by atoms with Crippen molar-refractivity contribution in [3.8, 4) is 11.4 Å². The average molecular weight is 385 g/mol. The van der Waals surface area contributed by atoms with E-state index in [1.165, 1.54) is 5.56 Å². The van der Waals surface area contributed by atoms with Gasteiger partial charge in [0.15, 0.2) is 0 Å². The van der Waals surface area contributed by atoms with E-state index in [1.54, 1.807) is 0 Å². The number of aryl methyl sites for hydroxylation is 1. The fourth-order valence-corrected chi connectivity index (χ4v) is 3.60. The summed E-state index contributed by atoms with van der Waals surface area (Å²) >= 11 is 0. The number of aromatic nitrogens is 2. The van der Waals surface area contributed by atoms with Gasteiger partial charge in [0.25, 0.3) is 0 Å². The van der Waals surface area contributed by atoms with Gasteiger partial charge in [0.05, 0.1) is 0 Å². The van der Waals surface area contributed by atoms with E-state index in [4.69, 9.17) is 4.52 Å². The van der Waals surface area contributed by atoms with E-state index >= 15 is 0 Å². The third kappa shape index (κ3) is 5.41.